The lowest BCUT2D eigenvalue weighted by Crippen LogP contribution is -2.56. The summed E-state index contributed by atoms with van der Waals surface area (Å²) in [6.07, 6.45) is -4.19. The minimum Gasteiger partial charge on any atom is -0.497 e. The first-order valence-corrected chi connectivity index (χ1v) is 8.82. The molecule has 1 aliphatic heterocycles. The van der Waals surface area contributed by atoms with Gasteiger partial charge in [-0.3, -0.25) is 4.90 Å². The quantitative estimate of drug-likeness (QED) is 0.383. The van der Waals surface area contributed by atoms with Crippen molar-refractivity contribution < 1.29 is 17.9 Å². The standard InChI is InChI=1S/C18H27F3N4O.HI/c1-4-22-17(23-13-15-6-5-7-16(12-15)26-3)25-10-8-24(9-11-25)14(2)18(19,20)21;/h5-7,12,14H,4,8-11,13H2,1-3H3,(H,22,23);1H. The molecule has 0 aliphatic carbocycles. The molecule has 1 aliphatic rings. The molecule has 0 aromatic heterocycles. The van der Waals surface area contributed by atoms with Gasteiger partial charge in [0, 0.05) is 32.7 Å². The van der Waals surface area contributed by atoms with E-state index >= 15 is 0 Å². The fourth-order valence-corrected chi connectivity index (χ4v) is 2.89. The van der Waals surface area contributed by atoms with Gasteiger partial charge in [-0.2, -0.15) is 13.2 Å². The number of hydrogen-bond acceptors (Lipinski definition) is 3. The van der Waals surface area contributed by atoms with Gasteiger partial charge in [0.2, 0.25) is 0 Å². The van der Waals surface area contributed by atoms with Crippen molar-refractivity contribution in [1.29, 1.82) is 0 Å². The van der Waals surface area contributed by atoms with Gasteiger partial charge in [0.05, 0.1) is 13.7 Å². The smallest absolute Gasteiger partial charge is 0.403 e. The minimum atomic E-state index is -4.19. The number of nitrogens with zero attached hydrogens (tertiary/aromatic N) is 3. The number of methoxy groups -OCH3 is 1. The van der Waals surface area contributed by atoms with E-state index in [1.807, 2.05) is 36.1 Å². The highest BCUT2D eigenvalue weighted by molar-refractivity contribution is 14.0. The van der Waals surface area contributed by atoms with Crippen molar-refractivity contribution in [3.8, 4) is 5.75 Å². The van der Waals surface area contributed by atoms with Gasteiger partial charge in [0.25, 0.3) is 0 Å². The van der Waals surface area contributed by atoms with E-state index in [4.69, 9.17) is 4.74 Å². The molecule has 0 saturated carbocycles. The summed E-state index contributed by atoms with van der Waals surface area (Å²) in [5.41, 5.74) is 1.02. The summed E-state index contributed by atoms with van der Waals surface area (Å²) in [5, 5.41) is 3.23. The van der Waals surface area contributed by atoms with E-state index in [9.17, 15) is 13.2 Å². The van der Waals surface area contributed by atoms with Crippen LogP contribution in [0.5, 0.6) is 5.75 Å². The van der Waals surface area contributed by atoms with Gasteiger partial charge < -0.3 is 15.0 Å². The van der Waals surface area contributed by atoms with Crippen molar-refractivity contribution >= 4 is 29.9 Å². The van der Waals surface area contributed by atoms with Gasteiger partial charge in [-0.15, -0.1) is 24.0 Å². The second-order valence-electron chi connectivity index (χ2n) is 6.26. The van der Waals surface area contributed by atoms with E-state index in [0.717, 1.165) is 17.3 Å². The van der Waals surface area contributed by atoms with Crippen LogP contribution in [-0.2, 0) is 6.54 Å². The molecule has 154 valence electrons. The fourth-order valence-electron chi connectivity index (χ4n) is 2.89. The monoisotopic (exact) mass is 500 g/mol. The molecule has 1 atom stereocenters. The highest BCUT2D eigenvalue weighted by Gasteiger charge is 2.41. The number of guanidine groups is 1. The Morgan fingerprint density at radius 2 is 1.93 bits per heavy atom. The third kappa shape index (κ3) is 7.02. The van der Waals surface area contributed by atoms with E-state index in [0.29, 0.717) is 39.3 Å². The molecule has 0 radical (unpaired) electrons. The molecule has 9 heteroatoms. The molecular weight excluding hydrogens is 472 g/mol. The molecule has 1 N–H and O–H groups in total. The predicted octanol–water partition coefficient (Wildman–Crippen LogP) is 3.35. The number of alkyl halides is 3. The number of piperazine rings is 1. The maximum Gasteiger partial charge on any atom is 0.403 e. The summed E-state index contributed by atoms with van der Waals surface area (Å²) in [5.74, 6) is 1.51. The van der Waals surface area contributed by atoms with Gasteiger partial charge in [0.15, 0.2) is 5.96 Å². The number of benzene rings is 1. The van der Waals surface area contributed by atoms with Crippen LogP contribution in [0.4, 0.5) is 13.2 Å². The molecule has 1 saturated heterocycles. The molecule has 2 rings (SSSR count). The van der Waals surface area contributed by atoms with Crippen LogP contribution >= 0.6 is 24.0 Å². The summed E-state index contributed by atoms with van der Waals surface area (Å²) in [7, 11) is 1.62. The zero-order valence-corrected chi connectivity index (χ0v) is 18.3. The minimum absolute atomic E-state index is 0. The Balaban J connectivity index is 0.00000364. The molecule has 27 heavy (non-hydrogen) atoms. The largest absolute Gasteiger partial charge is 0.497 e. The van der Waals surface area contributed by atoms with Crippen LogP contribution in [0.15, 0.2) is 29.3 Å². The number of aliphatic imine (C=N–C) groups is 1. The Labute approximate surface area is 176 Å². The number of rotatable bonds is 5. The normalized spacial score (nSPS) is 17.3. The topological polar surface area (TPSA) is 40.1 Å². The van der Waals surface area contributed by atoms with Crippen LogP contribution < -0.4 is 10.1 Å². The molecule has 1 heterocycles. The van der Waals surface area contributed by atoms with Crippen molar-refractivity contribution in [2.24, 2.45) is 4.99 Å². The van der Waals surface area contributed by atoms with Gasteiger partial charge in [0.1, 0.15) is 11.8 Å². The molecule has 0 bridgehead atoms. The van der Waals surface area contributed by atoms with E-state index in [-0.39, 0.29) is 24.0 Å². The van der Waals surface area contributed by atoms with E-state index in [1.165, 1.54) is 11.8 Å². The lowest BCUT2D eigenvalue weighted by atomic mass is 10.2. The average molecular weight is 500 g/mol. The van der Waals surface area contributed by atoms with Crippen LogP contribution in [0, 0.1) is 0 Å². The van der Waals surface area contributed by atoms with Crippen molar-refractivity contribution in [1.82, 2.24) is 15.1 Å². The van der Waals surface area contributed by atoms with Crippen molar-refractivity contribution in [3.63, 3.8) is 0 Å². The van der Waals surface area contributed by atoms with Crippen LogP contribution in [-0.4, -0.2) is 67.8 Å². The molecule has 5 nitrogen and oxygen atoms in total. The Hall–Kier alpha value is -1.23. The summed E-state index contributed by atoms with van der Waals surface area (Å²) in [6, 6.07) is 6.27. The van der Waals surface area contributed by atoms with Crippen molar-refractivity contribution in [2.75, 3.05) is 39.8 Å². The molecular formula is C18H28F3IN4O. The Morgan fingerprint density at radius 1 is 1.26 bits per heavy atom. The third-order valence-electron chi connectivity index (χ3n) is 4.52. The van der Waals surface area contributed by atoms with Crippen molar-refractivity contribution in [2.45, 2.75) is 32.6 Å². The zero-order valence-electron chi connectivity index (χ0n) is 15.9. The van der Waals surface area contributed by atoms with E-state index in [2.05, 4.69) is 10.3 Å². The first-order chi connectivity index (χ1) is 12.3. The third-order valence-corrected chi connectivity index (χ3v) is 4.52. The van der Waals surface area contributed by atoms with Gasteiger partial charge >= 0.3 is 6.18 Å². The van der Waals surface area contributed by atoms with Gasteiger partial charge in [-0.25, -0.2) is 4.99 Å². The van der Waals surface area contributed by atoms with Crippen LogP contribution in [0.3, 0.4) is 0 Å². The lowest BCUT2D eigenvalue weighted by Gasteiger charge is -2.39. The van der Waals surface area contributed by atoms with E-state index in [1.54, 1.807) is 7.11 Å². The van der Waals surface area contributed by atoms with Crippen LogP contribution in [0.2, 0.25) is 0 Å². The van der Waals surface area contributed by atoms with Gasteiger partial charge in [-0.1, -0.05) is 12.1 Å². The SMILES string of the molecule is CCNC(=NCc1cccc(OC)c1)N1CCN(C(C)C(F)(F)F)CC1.I. The molecule has 1 aromatic carbocycles. The summed E-state index contributed by atoms with van der Waals surface area (Å²) < 4.78 is 43.9. The number of hydrogen-bond donors (Lipinski definition) is 1. The summed E-state index contributed by atoms with van der Waals surface area (Å²) in [4.78, 5) is 8.13. The highest BCUT2D eigenvalue weighted by atomic mass is 127. The molecule has 0 amide bonds. The lowest BCUT2D eigenvalue weighted by molar-refractivity contribution is -0.181. The summed E-state index contributed by atoms with van der Waals surface area (Å²) >= 11 is 0. The maximum absolute atomic E-state index is 12.9. The van der Waals surface area contributed by atoms with Crippen LogP contribution in [0.25, 0.3) is 0 Å². The second kappa shape index (κ2) is 10.9. The Bertz CT molecular complexity index is 605. The maximum atomic E-state index is 12.9. The Kier molecular flexibility index (Phi) is 9.65. The zero-order chi connectivity index (χ0) is 19.2. The number of nitrogens with one attached hydrogen (secondary N) is 1. The molecule has 1 unspecified atom stereocenters. The first kappa shape index (κ1) is 23.8. The summed E-state index contributed by atoms with van der Waals surface area (Å²) in [6.45, 7) is 6.15. The van der Waals surface area contributed by atoms with Crippen molar-refractivity contribution in [3.05, 3.63) is 29.8 Å². The first-order valence-electron chi connectivity index (χ1n) is 8.82. The fraction of sp³-hybridized carbons (Fsp3) is 0.611. The van der Waals surface area contributed by atoms with Gasteiger partial charge in [-0.05, 0) is 31.5 Å². The number of halogens is 4. The molecule has 0 spiro atoms. The average Bonchev–Trinajstić information content (AvgIpc) is 2.64. The molecule has 1 fully saturated rings. The molecule has 1 aromatic rings. The van der Waals surface area contributed by atoms with Crippen LogP contribution in [0.1, 0.15) is 19.4 Å². The second-order valence-corrected chi connectivity index (χ2v) is 6.26. The number of ether oxygens (including phenoxy) is 1. The predicted molar refractivity (Wildman–Crippen MR) is 112 cm³/mol. The van der Waals surface area contributed by atoms with E-state index < -0.39 is 12.2 Å². The Morgan fingerprint density at radius 3 is 2.48 bits per heavy atom. The highest BCUT2D eigenvalue weighted by Crippen LogP contribution is 2.25.